The highest BCUT2D eigenvalue weighted by atomic mass is 35.5. The van der Waals surface area contributed by atoms with Crippen molar-refractivity contribution in [2.75, 3.05) is 4.90 Å². The second kappa shape index (κ2) is 8.96. The van der Waals surface area contributed by atoms with Crippen molar-refractivity contribution < 1.29 is 24.5 Å². The highest BCUT2D eigenvalue weighted by molar-refractivity contribution is 6.52. The van der Waals surface area contributed by atoms with E-state index in [-0.39, 0.29) is 33.9 Å². The summed E-state index contributed by atoms with van der Waals surface area (Å²) in [7, 11) is 0. The lowest BCUT2D eigenvalue weighted by Crippen LogP contribution is -2.29. The van der Waals surface area contributed by atoms with E-state index in [0.29, 0.717) is 16.9 Å². The molecule has 1 atom stereocenters. The number of ketones is 1. The minimum Gasteiger partial charge on any atom is -0.507 e. The summed E-state index contributed by atoms with van der Waals surface area (Å²) in [5.74, 6) is -1.85. The van der Waals surface area contributed by atoms with Crippen LogP contribution in [0.3, 0.4) is 0 Å². The third-order valence-electron chi connectivity index (χ3n) is 5.14. The fraction of sp³-hybridized carbons (Fsp3) is 0.160. The monoisotopic (exact) mass is 464 g/mol. The van der Waals surface area contributed by atoms with Crippen molar-refractivity contribution in [3.8, 4) is 11.5 Å². The van der Waals surface area contributed by atoms with Crippen LogP contribution in [0.5, 0.6) is 11.5 Å². The summed E-state index contributed by atoms with van der Waals surface area (Å²) in [6.45, 7) is 3.75. The van der Waals surface area contributed by atoms with Crippen LogP contribution in [-0.2, 0) is 9.59 Å². The number of nitrogens with zero attached hydrogens (tertiary/aromatic N) is 2. The zero-order valence-electron chi connectivity index (χ0n) is 17.9. The molecule has 0 bridgehead atoms. The highest BCUT2D eigenvalue weighted by Gasteiger charge is 2.47. The molecule has 1 unspecified atom stereocenters. The normalized spacial score (nSPS) is 17.6. The quantitative estimate of drug-likeness (QED) is 0.318. The summed E-state index contributed by atoms with van der Waals surface area (Å²) in [5, 5.41) is 21.9. The number of hydrogen-bond acceptors (Lipinski definition) is 6. The summed E-state index contributed by atoms with van der Waals surface area (Å²) < 4.78 is 5.69. The van der Waals surface area contributed by atoms with Gasteiger partial charge < -0.3 is 14.9 Å². The number of hydrogen-bond donors (Lipinski definition) is 2. The lowest BCUT2D eigenvalue weighted by atomic mass is 9.95. The van der Waals surface area contributed by atoms with Gasteiger partial charge in [-0.05, 0) is 61.9 Å². The molecule has 7 nitrogen and oxygen atoms in total. The van der Waals surface area contributed by atoms with Gasteiger partial charge in [0, 0.05) is 23.0 Å². The van der Waals surface area contributed by atoms with E-state index >= 15 is 0 Å². The molecule has 1 fully saturated rings. The zero-order chi connectivity index (χ0) is 23.7. The number of Topliss-reactive ketones (excluding diaryl/α,β-unsaturated/α-hetero) is 1. The third-order valence-corrected chi connectivity index (χ3v) is 5.38. The first kappa shape index (κ1) is 22.4. The lowest BCUT2D eigenvalue weighted by Gasteiger charge is -2.26. The molecule has 0 radical (unpaired) electrons. The molecule has 4 rings (SSSR count). The number of ether oxygens (including phenoxy) is 1. The summed E-state index contributed by atoms with van der Waals surface area (Å²) in [6, 6.07) is 13.1. The highest BCUT2D eigenvalue weighted by Crippen LogP contribution is 2.45. The average Bonchev–Trinajstić information content (AvgIpc) is 3.06. The number of anilines is 1. The Morgan fingerprint density at radius 1 is 1.09 bits per heavy atom. The number of aliphatic hydroxyl groups excluding tert-OH is 1. The molecule has 0 aliphatic carbocycles. The number of rotatable bonds is 5. The van der Waals surface area contributed by atoms with E-state index in [4.69, 9.17) is 16.3 Å². The molecule has 2 heterocycles. The van der Waals surface area contributed by atoms with Crippen LogP contribution >= 0.6 is 11.6 Å². The molecule has 0 spiro atoms. The second-order valence-corrected chi connectivity index (χ2v) is 8.21. The summed E-state index contributed by atoms with van der Waals surface area (Å²) in [5.41, 5.74) is 0.787. The van der Waals surface area contributed by atoms with Crippen molar-refractivity contribution in [1.29, 1.82) is 0 Å². The molecular formula is C25H21ClN2O5. The maximum absolute atomic E-state index is 13.2. The maximum atomic E-state index is 13.2. The van der Waals surface area contributed by atoms with Crippen LogP contribution in [0.2, 0.25) is 5.02 Å². The number of halogens is 1. The number of pyridine rings is 1. The Morgan fingerprint density at radius 3 is 2.52 bits per heavy atom. The van der Waals surface area contributed by atoms with Crippen molar-refractivity contribution in [3.05, 3.63) is 88.7 Å². The first-order valence-corrected chi connectivity index (χ1v) is 10.6. The fourth-order valence-corrected chi connectivity index (χ4v) is 3.94. The van der Waals surface area contributed by atoms with Crippen LogP contribution in [0.1, 0.15) is 31.0 Å². The number of phenolic OH excluding ortho intramolecular Hbond substituents is 1. The van der Waals surface area contributed by atoms with E-state index in [1.165, 1.54) is 30.6 Å². The van der Waals surface area contributed by atoms with Gasteiger partial charge in [0.2, 0.25) is 0 Å². The molecule has 33 heavy (non-hydrogen) atoms. The van der Waals surface area contributed by atoms with E-state index in [1.54, 1.807) is 36.4 Å². The van der Waals surface area contributed by atoms with Gasteiger partial charge in [0.15, 0.2) is 0 Å². The van der Waals surface area contributed by atoms with Gasteiger partial charge >= 0.3 is 0 Å². The van der Waals surface area contributed by atoms with Gasteiger partial charge in [0.1, 0.15) is 17.3 Å². The Balaban J connectivity index is 1.93. The topological polar surface area (TPSA) is 100.0 Å². The molecule has 8 heteroatoms. The van der Waals surface area contributed by atoms with Gasteiger partial charge in [-0.3, -0.25) is 19.5 Å². The number of aromatic hydroxyl groups is 1. The van der Waals surface area contributed by atoms with Crippen molar-refractivity contribution in [2.45, 2.75) is 26.0 Å². The molecule has 1 aliphatic rings. The molecule has 2 N–H and O–H groups in total. The van der Waals surface area contributed by atoms with Gasteiger partial charge in [0.05, 0.1) is 23.4 Å². The van der Waals surface area contributed by atoms with Gasteiger partial charge in [-0.25, -0.2) is 0 Å². The molecule has 1 aromatic heterocycles. The molecule has 2 aromatic carbocycles. The van der Waals surface area contributed by atoms with Crippen molar-refractivity contribution in [1.82, 2.24) is 4.98 Å². The van der Waals surface area contributed by atoms with E-state index in [0.717, 1.165) is 4.90 Å². The predicted octanol–water partition coefficient (Wildman–Crippen LogP) is 4.85. The van der Waals surface area contributed by atoms with Crippen LogP contribution in [-0.4, -0.2) is 33.0 Å². The Labute approximate surface area is 195 Å². The number of aromatic nitrogens is 1. The van der Waals surface area contributed by atoms with Crippen LogP contribution in [0.4, 0.5) is 5.69 Å². The average molecular weight is 465 g/mol. The number of benzene rings is 2. The minimum absolute atomic E-state index is 0.0577. The Bertz CT molecular complexity index is 1260. The summed E-state index contributed by atoms with van der Waals surface area (Å²) in [4.78, 5) is 31.5. The standard InChI is InChI=1S/C25H21ClN2O5/c1-14(2)33-18-5-3-4-16(12-18)23(30)21-22(15-8-10-27-11-9-15)28(25(32)24(21)31)19-13-17(26)6-7-20(19)29/h3-14,22,29-30H,1-2H3/b23-21+. The Morgan fingerprint density at radius 2 is 1.82 bits per heavy atom. The smallest absolute Gasteiger partial charge is 0.300 e. The molecule has 1 saturated heterocycles. The fourth-order valence-electron chi connectivity index (χ4n) is 3.78. The number of phenols is 1. The van der Waals surface area contributed by atoms with Crippen LogP contribution in [0.15, 0.2) is 72.6 Å². The van der Waals surface area contributed by atoms with E-state index in [9.17, 15) is 19.8 Å². The lowest BCUT2D eigenvalue weighted by molar-refractivity contribution is -0.132. The molecule has 3 aromatic rings. The number of carbonyl (C=O) groups is 2. The third kappa shape index (κ3) is 4.27. The zero-order valence-corrected chi connectivity index (χ0v) is 18.7. The maximum Gasteiger partial charge on any atom is 0.300 e. The van der Waals surface area contributed by atoms with Gasteiger partial charge in [-0.1, -0.05) is 23.7 Å². The van der Waals surface area contributed by atoms with Crippen LogP contribution < -0.4 is 9.64 Å². The molecule has 0 saturated carbocycles. The van der Waals surface area contributed by atoms with Crippen LogP contribution in [0, 0.1) is 0 Å². The second-order valence-electron chi connectivity index (χ2n) is 7.78. The number of carbonyl (C=O) groups excluding carboxylic acids is 2. The SMILES string of the molecule is CC(C)Oc1cccc(/C(O)=C2\C(=O)C(=O)N(c3cc(Cl)ccc3O)C2c2ccncc2)c1. The van der Waals surface area contributed by atoms with E-state index < -0.39 is 17.7 Å². The van der Waals surface area contributed by atoms with E-state index in [1.807, 2.05) is 13.8 Å². The Hall–Kier alpha value is -3.84. The van der Waals surface area contributed by atoms with Crippen molar-refractivity contribution >= 4 is 34.7 Å². The van der Waals surface area contributed by atoms with Gasteiger partial charge in [-0.2, -0.15) is 0 Å². The van der Waals surface area contributed by atoms with Crippen molar-refractivity contribution in [3.63, 3.8) is 0 Å². The Kier molecular flexibility index (Phi) is 6.07. The summed E-state index contributed by atoms with van der Waals surface area (Å²) in [6.07, 6.45) is 2.95. The van der Waals surface area contributed by atoms with E-state index in [2.05, 4.69) is 4.98 Å². The first-order chi connectivity index (χ1) is 15.8. The molecule has 1 aliphatic heterocycles. The predicted molar refractivity (Wildman–Crippen MR) is 124 cm³/mol. The summed E-state index contributed by atoms with van der Waals surface area (Å²) >= 11 is 6.11. The number of amides is 1. The van der Waals surface area contributed by atoms with Gasteiger partial charge in [0.25, 0.3) is 11.7 Å². The molecular weight excluding hydrogens is 444 g/mol. The molecule has 168 valence electrons. The van der Waals surface area contributed by atoms with Crippen LogP contribution in [0.25, 0.3) is 5.76 Å². The molecule has 1 amide bonds. The van der Waals surface area contributed by atoms with Crippen molar-refractivity contribution in [2.24, 2.45) is 0 Å². The minimum atomic E-state index is -1.01. The number of aliphatic hydroxyl groups is 1. The first-order valence-electron chi connectivity index (χ1n) is 10.2. The van der Waals surface area contributed by atoms with Gasteiger partial charge in [-0.15, -0.1) is 0 Å². The largest absolute Gasteiger partial charge is 0.507 e.